The Kier molecular flexibility index (Phi) is 4.04. The van der Waals surface area contributed by atoms with E-state index >= 15 is 0 Å². The Labute approximate surface area is 110 Å². The molecule has 0 unspecified atom stereocenters. The highest BCUT2D eigenvalue weighted by Crippen LogP contribution is 2.11. The van der Waals surface area contributed by atoms with Crippen molar-refractivity contribution in [2.45, 2.75) is 11.8 Å². The molecule has 18 heavy (non-hydrogen) atoms. The van der Waals surface area contributed by atoms with Crippen molar-refractivity contribution in [3.63, 3.8) is 0 Å². The number of ether oxygens (including phenoxy) is 1. The average molecular weight is 262 g/mol. The lowest BCUT2D eigenvalue weighted by Gasteiger charge is -2.08. The van der Waals surface area contributed by atoms with Crippen LogP contribution in [0, 0.1) is 0 Å². The predicted octanol–water partition coefficient (Wildman–Crippen LogP) is 2.08. The quantitative estimate of drug-likeness (QED) is 0.625. The van der Waals surface area contributed by atoms with Crippen molar-refractivity contribution >= 4 is 11.8 Å². The van der Waals surface area contributed by atoms with Crippen LogP contribution in [0.2, 0.25) is 0 Å². The van der Waals surface area contributed by atoms with Gasteiger partial charge in [0.05, 0.1) is 6.20 Å². The first kappa shape index (κ1) is 12.7. The fourth-order valence-electron chi connectivity index (χ4n) is 1.53. The molecule has 1 aromatic carbocycles. The standard InChI is InChI=1S/C13H14N2O2S/c1-15-12(16)11(8-14-13(15)18-2)17-9-10-6-4-3-5-7-10/h3-8H,9H2,1-2H3. The zero-order valence-corrected chi connectivity index (χ0v) is 11.1. The van der Waals surface area contributed by atoms with Gasteiger partial charge >= 0.3 is 0 Å². The molecule has 0 aliphatic carbocycles. The molecule has 2 aromatic rings. The van der Waals surface area contributed by atoms with E-state index in [-0.39, 0.29) is 11.3 Å². The van der Waals surface area contributed by atoms with Gasteiger partial charge in [-0.05, 0) is 11.8 Å². The number of thioether (sulfide) groups is 1. The summed E-state index contributed by atoms with van der Waals surface area (Å²) in [6.07, 6.45) is 3.36. The Balaban J connectivity index is 2.16. The second-order valence-electron chi connectivity index (χ2n) is 3.75. The summed E-state index contributed by atoms with van der Waals surface area (Å²) in [5, 5.41) is 0.673. The van der Waals surface area contributed by atoms with Gasteiger partial charge in [0.2, 0.25) is 5.75 Å². The van der Waals surface area contributed by atoms with Crippen LogP contribution in [0.25, 0.3) is 0 Å². The van der Waals surface area contributed by atoms with E-state index in [1.807, 2.05) is 36.6 Å². The van der Waals surface area contributed by atoms with Gasteiger partial charge < -0.3 is 4.74 Å². The molecule has 0 aliphatic rings. The van der Waals surface area contributed by atoms with Crippen LogP contribution in [0.3, 0.4) is 0 Å². The maximum atomic E-state index is 12.0. The van der Waals surface area contributed by atoms with Crippen molar-refractivity contribution < 1.29 is 4.74 Å². The van der Waals surface area contributed by atoms with Gasteiger partial charge in [0.1, 0.15) is 6.61 Å². The summed E-state index contributed by atoms with van der Waals surface area (Å²) in [5.41, 5.74) is 0.860. The lowest BCUT2D eigenvalue weighted by atomic mass is 10.2. The zero-order valence-electron chi connectivity index (χ0n) is 10.3. The van der Waals surface area contributed by atoms with E-state index in [4.69, 9.17) is 4.74 Å². The van der Waals surface area contributed by atoms with Crippen LogP contribution in [0.5, 0.6) is 5.75 Å². The summed E-state index contributed by atoms with van der Waals surface area (Å²) in [6, 6.07) is 9.72. The minimum Gasteiger partial charge on any atom is -0.482 e. The lowest BCUT2D eigenvalue weighted by molar-refractivity contribution is 0.296. The summed E-state index contributed by atoms with van der Waals surface area (Å²) in [6.45, 7) is 0.371. The van der Waals surface area contributed by atoms with Crippen LogP contribution in [0.1, 0.15) is 5.56 Å². The van der Waals surface area contributed by atoms with Crippen molar-refractivity contribution in [2.75, 3.05) is 6.26 Å². The molecule has 0 fully saturated rings. The second-order valence-corrected chi connectivity index (χ2v) is 4.52. The molecule has 0 spiro atoms. The molecule has 5 heteroatoms. The van der Waals surface area contributed by atoms with Gasteiger partial charge in [0.25, 0.3) is 5.56 Å². The van der Waals surface area contributed by atoms with E-state index in [2.05, 4.69) is 4.98 Å². The molecule has 0 bridgehead atoms. The number of hydrogen-bond acceptors (Lipinski definition) is 4. The third-order valence-corrected chi connectivity index (χ3v) is 3.26. The molecule has 0 radical (unpaired) electrons. The molecule has 0 saturated carbocycles. The fraction of sp³-hybridized carbons (Fsp3) is 0.231. The third-order valence-electron chi connectivity index (χ3n) is 2.51. The maximum absolute atomic E-state index is 12.0. The van der Waals surface area contributed by atoms with Gasteiger partial charge in [-0.3, -0.25) is 9.36 Å². The van der Waals surface area contributed by atoms with Crippen LogP contribution >= 0.6 is 11.8 Å². The molecular formula is C13H14N2O2S. The number of aromatic nitrogens is 2. The fourth-order valence-corrected chi connectivity index (χ4v) is 2.05. The molecule has 0 atom stereocenters. The van der Waals surface area contributed by atoms with Crippen molar-refractivity contribution in [3.8, 4) is 5.75 Å². The first-order chi connectivity index (χ1) is 8.72. The normalized spacial score (nSPS) is 10.3. The molecule has 1 heterocycles. The Morgan fingerprint density at radius 2 is 2.06 bits per heavy atom. The first-order valence-corrected chi connectivity index (χ1v) is 6.71. The molecule has 0 N–H and O–H groups in total. The van der Waals surface area contributed by atoms with Crippen molar-refractivity contribution in [1.29, 1.82) is 0 Å². The molecule has 2 rings (SSSR count). The van der Waals surface area contributed by atoms with E-state index in [1.54, 1.807) is 7.05 Å². The van der Waals surface area contributed by atoms with Crippen LogP contribution < -0.4 is 10.3 Å². The first-order valence-electron chi connectivity index (χ1n) is 5.49. The Hall–Kier alpha value is -1.75. The topological polar surface area (TPSA) is 44.1 Å². The molecule has 4 nitrogen and oxygen atoms in total. The SMILES string of the molecule is CSc1ncc(OCc2ccccc2)c(=O)n1C. The number of rotatable bonds is 4. The largest absolute Gasteiger partial charge is 0.482 e. The van der Waals surface area contributed by atoms with Gasteiger partial charge in [-0.1, -0.05) is 42.1 Å². The highest BCUT2D eigenvalue weighted by atomic mass is 32.2. The highest BCUT2D eigenvalue weighted by Gasteiger charge is 2.07. The number of hydrogen-bond donors (Lipinski definition) is 0. The summed E-state index contributed by atoms with van der Waals surface area (Å²) in [5.74, 6) is 0.277. The Morgan fingerprint density at radius 3 is 2.72 bits per heavy atom. The Bertz CT molecular complexity index is 581. The number of benzene rings is 1. The lowest BCUT2D eigenvalue weighted by Crippen LogP contribution is -2.21. The van der Waals surface area contributed by atoms with E-state index in [0.29, 0.717) is 11.8 Å². The minimum absolute atomic E-state index is 0.162. The van der Waals surface area contributed by atoms with Crippen molar-refractivity contribution in [2.24, 2.45) is 7.05 Å². The van der Waals surface area contributed by atoms with Crippen LogP contribution in [0.4, 0.5) is 0 Å². The highest BCUT2D eigenvalue weighted by molar-refractivity contribution is 7.98. The average Bonchev–Trinajstić information content (AvgIpc) is 2.42. The van der Waals surface area contributed by atoms with E-state index in [9.17, 15) is 4.79 Å². The Morgan fingerprint density at radius 1 is 1.33 bits per heavy atom. The summed E-state index contributed by atoms with van der Waals surface area (Å²) in [4.78, 5) is 16.1. The van der Waals surface area contributed by atoms with Gasteiger partial charge in [-0.25, -0.2) is 4.98 Å². The summed E-state index contributed by atoms with van der Waals surface area (Å²) in [7, 11) is 1.69. The maximum Gasteiger partial charge on any atom is 0.296 e. The predicted molar refractivity (Wildman–Crippen MR) is 72.0 cm³/mol. The smallest absolute Gasteiger partial charge is 0.296 e. The number of nitrogens with zero attached hydrogens (tertiary/aromatic N) is 2. The monoisotopic (exact) mass is 262 g/mol. The van der Waals surface area contributed by atoms with E-state index in [1.165, 1.54) is 22.5 Å². The molecule has 0 aliphatic heterocycles. The van der Waals surface area contributed by atoms with Gasteiger partial charge in [0, 0.05) is 7.05 Å². The molecule has 94 valence electrons. The summed E-state index contributed by atoms with van der Waals surface area (Å²) >= 11 is 1.43. The van der Waals surface area contributed by atoms with E-state index < -0.39 is 0 Å². The second kappa shape index (κ2) is 5.73. The molecule has 0 amide bonds. The van der Waals surface area contributed by atoms with Crippen LogP contribution in [0.15, 0.2) is 46.5 Å². The van der Waals surface area contributed by atoms with Crippen LogP contribution in [-0.2, 0) is 13.7 Å². The van der Waals surface area contributed by atoms with Gasteiger partial charge in [-0.2, -0.15) is 0 Å². The van der Waals surface area contributed by atoms with E-state index in [0.717, 1.165) is 5.56 Å². The summed E-state index contributed by atoms with van der Waals surface area (Å²) < 4.78 is 6.99. The third kappa shape index (κ3) is 2.73. The van der Waals surface area contributed by atoms with Crippen molar-refractivity contribution in [3.05, 3.63) is 52.4 Å². The minimum atomic E-state index is -0.162. The van der Waals surface area contributed by atoms with Gasteiger partial charge in [0.15, 0.2) is 5.16 Å². The van der Waals surface area contributed by atoms with Crippen molar-refractivity contribution in [1.82, 2.24) is 9.55 Å². The molecule has 1 aromatic heterocycles. The van der Waals surface area contributed by atoms with Gasteiger partial charge in [-0.15, -0.1) is 0 Å². The molecular weight excluding hydrogens is 248 g/mol. The zero-order chi connectivity index (χ0) is 13.0. The molecule has 0 saturated heterocycles. The van der Waals surface area contributed by atoms with Crippen LogP contribution in [-0.4, -0.2) is 15.8 Å².